The second-order valence-electron chi connectivity index (χ2n) is 15.2. The van der Waals surface area contributed by atoms with Crippen molar-refractivity contribution in [2.75, 3.05) is 30.4 Å². The number of fused-ring (bicyclic) bond motifs is 1. The third-order valence-corrected chi connectivity index (χ3v) is 9.57. The molecule has 1 amide bonds. The fourth-order valence-corrected chi connectivity index (χ4v) is 7.68. The highest BCUT2D eigenvalue weighted by molar-refractivity contribution is 7.19. The summed E-state index contributed by atoms with van der Waals surface area (Å²) in [6.07, 6.45) is 2.76. The van der Waals surface area contributed by atoms with Crippen LogP contribution >= 0.6 is 11.3 Å². The fourth-order valence-electron chi connectivity index (χ4n) is 6.67. The lowest BCUT2D eigenvalue weighted by Gasteiger charge is -2.36. The van der Waals surface area contributed by atoms with E-state index in [1.807, 2.05) is 20.8 Å². The molecule has 2 atom stereocenters. The molecular formula is C38H46F2N4O8S. The number of halogens is 2. The average Bonchev–Trinajstić information content (AvgIpc) is 3.63. The van der Waals surface area contributed by atoms with Crippen LogP contribution in [0.4, 0.5) is 24.3 Å². The molecule has 1 saturated heterocycles. The summed E-state index contributed by atoms with van der Waals surface area (Å²) in [6.45, 7) is 13.0. The summed E-state index contributed by atoms with van der Waals surface area (Å²) in [5.41, 5.74) is 0.523. The molecule has 2 aromatic heterocycles. The molecule has 1 fully saturated rings. The molecular weight excluding hydrogens is 711 g/mol. The number of thiazole rings is 1. The molecule has 3 heterocycles. The largest absolute Gasteiger partial charge is 0.494 e. The Balaban J connectivity index is 1.54. The van der Waals surface area contributed by atoms with Crippen LogP contribution in [0, 0.1) is 17.6 Å². The minimum absolute atomic E-state index is 0.0185. The van der Waals surface area contributed by atoms with Crippen LogP contribution in [-0.2, 0) is 36.6 Å². The standard InChI is InChI=1S/C38H46F2N4O8S/c1-20(45)50-27-13-11-23-31(27)41-18-22(33(23)44-15-9-10-21(19-44)16-28(47)51-37(2,3)4)17-25(46)32-35(43-36(48)52-38(5,6)7)53-34(42-32)29-24(39)12-14-26(49-8)30(29)40/h12,14,18,21,27H,9-11,13,15-17,19H2,1-8H3,(H,43,48)/t21-,27?/m1/s1. The highest BCUT2D eigenvalue weighted by atomic mass is 32.1. The second-order valence-corrected chi connectivity index (χ2v) is 16.2. The van der Waals surface area contributed by atoms with E-state index in [1.165, 1.54) is 14.0 Å². The van der Waals surface area contributed by atoms with Gasteiger partial charge in [0.05, 0.1) is 24.8 Å². The van der Waals surface area contributed by atoms with E-state index in [2.05, 4.69) is 20.2 Å². The Kier molecular flexibility index (Phi) is 11.8. The number of hydrogen-bond donors (Lipinski definition) is 1. The zero-order chi connectivity index (χ0) is 38.8. The van der Waals surface area contributed by atoms with Gasteiger partial charge in [-0.25, -0.2) is 18.6 Å². The Hall–Kier alpha value is -4.66. The molecule has 1 aliphatic carbocycles. The van der Waals surface area contributed by atoms with Crippen LogP contribution in [0.2, 0.25) is 0 Å². The van der Waals surface area contributed by atoms with E-state index in [-0.39, 0.29) is 46.2 Å². The molecule has 15 heteroatoms. The quantitative estimate of drug-likeness (QED) is 0.123. The molecule has 286 valence electrons. The lowest BCUT2D eigenvalue weighted by atomic mass is 9.92. The summed E-state index contributed by atoms with van der Waals surface area (Å²) in [7, 11) is 1.24. The van der Waals surface area contributed by atoms with Crippen molar-refractivity contribution in [2.24, 2.45) is 5.92 Å². The SMILES string of the molecule is COc1ccc(F)c(-c2nc(C(=O)Cc3cnc4c(c3N3CCC[C@H](CC(=O)OC(C)(C)C)C3)CCC4OC(C)=O)c(NC(=O)OC(C)(C)C)s2)c1F. The topological polar surface area (TPSA) is 146 Å². The number of pyridine rings is 1. The Morgan fingerprint density at radius 2 is 1.75 bits per heavy atom. The van der Waals surface area contributed by atoms with E-state index in [0.717, 1.165) is 47.6 Å². The molecule has 2 aliphatic rings. The maximum Gasteiger partial charge on any atom is 0.412 e. The summed E-state index contributed by atoms with van der Waals surface area (Å²) in [5.74, 6) is -3.46. The van der Waals surface area contributed by atoms with Gasteiger partial charge >= 0.3 is 18.0 Å². The normalized spacial score (nSPS) is 17.2. The van der Waals surface area contributed by atoms with Gasteiger partial charge < -0.3 is 23.8 Å². The van der Waals surface area contributed by atoms with Gasteiger partial charge in [-0.3, -0.25) is 24.7 Å². The second kappa shape index (κ2) is 15.7. The molecule has 1 aliphatic heterocycles. The maximum atomic E-state index is 15.4. The van der Waals surface area contributed by atoms with E-state index in [9.17, 15) is 19.2 Å². The first-order valence-corrected chi connectivity index (χ1v) is 18.4. The zero-order valence-electron chi connectivity index (χ0n) is 31.3. The van der Waals surface area contributed by atoms with Gasteiger partial charge in [0.1, 0.15) is 38.8 Å². The minimum Gasteiger partial charge on any atom is -0.494 e. The molecule has 0 bridgehead atoms. The van der Waals surface area contributed by atoms with Gasteiger partial charge in [-0.2, -0.15) is 0 Å². The Bertz CT molecular complexity index is 1900. The smallest absolute Gasteiger partial charge is 0.412 e. The third kappa shape index (κ3) is 9.67. The first-order valence-electron chi connectivity index (χ1n) is 17.5. The number of piperidine rings is 1. The van der Waals surface area contributed by atoms with Crippen LogP contribution < -0.4 is 15.0 Å². The van der Waals surface area contributed by atoms with Crippen LogP contribution in [0.15, 0.2) is 18.3 Å². The van der Waals surface area contributed by atoms with Crippen molar-refractivity contribution >= 4 is 45.8 Å². The number of aromatic nitrogens is 2. The molecule has 12 nitrogen and oxygen atoms in total. The molecule has 5 rings (SSSR count). The van der Waals surface area contributed by atoms with Crippen molar-refractivity contribution < 1.29 is 46.9 Å². The summed E-state index contributed by atoms with van der Waals surface area (Å²) < 4.78 is 52.2. The Morgan fingerprint density at radius 3 is 2.42 bits per heavy atom. The maximum absolute atomic E-state index is 15.4. The van der Waals surface area contributed by atoms with E-state index >= 15 is 8.78 Å². The molecule has 1 N–H and O–H groups in total. The lowest BCUT2D eigenvalue weighted by Crippen LogP contribution is -2.38. The van der Waals surface area contributed by atoms with Gasteiger partial charge in [0.25, 0.3) is 0 Å². The predicted molar refractivity (Wildman–Crippen MR) is 194 cm³/mol. The highest BCUT2D eigenvalue weighted by Gasteiger charge is 2.35. The van der Waals surface area contributed by atoms with Crippen molar-refractivity contribution in [1.29, 1.82) is 0 Å². The van der Waals surface area contributed by atoms with Crippen LogP contribution in [0.1, 0.15) is 108 Å². The van der Waals surface area contributed by atoms with Gasteiger partial charge in [0.15, 0.2) is 17.3 Å². The first kappa shape index (κ1) is 39.5. The number of esters is 2. The van der Waals surface area contributed by atoms with Crippen LogP contribution in [0.5, 0.6) is 5.75 Å². The van der Waals surface area contributed by atoms with Gasteiger partial charge in [-0.1, -0.05) is 11.3 Å². The molecule has 0 radical (unpaired) electrons. The van der Waals surface area contributed by atoms with Gasteiger partial charge in [0.2, 0.25) is 0 Å². The lowest BCUT2D eigenvalue weighted by molar-refractivity contribution is -0.156. The number of hydrogen-bond acceptors (Lipinski definition) is 12. The van der Waals surface area contributed by atoms with Crippen LogP contribution in [0.25, 0.3) is 10.6 Å². The number of methoxy groups -OCH3 is 1. The van der Waals surface area contributed by atoms with E-state index in [1.54, 1.807) is 27.0 Å². The number of Topliss-reactive ketones (excluding diaryl/α,β-unsaturated/α-hetero) is 1. The average molecular weight is 757 g/mol. The van der Waals surface area contributed by atoms with Gasteiger partial charge in [0, 0.05) is 49.4 Å². The molecule has 1 aromatic carbocycles. The first-order chi connectivity index (χ1) is 24.8. The van der Waals surface area contributed by atoms with Crippen molar-refractivity contribution in [3.63, 3.8) is 0 Å². The molecule has 1 unspecified atom stereocenters. The molecule has 3 aromatic rings. The number of anilines is 2. The number of carbonyl (C=O) groups is 4. The highest BCUT2D eigenvalue weighted by Crippen LogP contribution is 2.43. The number of ether oxygens (including phenoxy) is 4. The van der Waals surface area contributed by atoms with Gasteiger partial charge in [-0.15, -0.1) is 0 Å². The fraction of sp³-hybridized carbons (Fsp3) is 0.526. The van der Waals surface area contributed by atoms with Crippen LogP contribution in [0.3, 0.4) is 0 Å². The number of rotatable bonds is 10. The number of nitrogens with zero attached hydrogens (tertiary/aromatic N) is 3. The summed E-state index contributed by atoms with van der Waals surface area (Å²) in [5, 5.41) is 2.31. The number of ketones is 1. The van der Waals surface area contributed by atoms with Crippen LogP contribution in [-0.4, -0.2) is 65.2 Å². The summed E-state index contributed by atoms with van der Waals surface area (Å²) in [4.78, 5) is 63.1. The van der Waals surface area contributed by atoms with Crippen molar-refractivity contribution in [1.82, 2.24) is 9.97 Å². The van der Waals surface area contributed by atoms with E-state index < -0.39 is 52.3 Å². The number of benzene rings is 1. The molecule has 0 saturated carbocycles. The monoisotopic (exact) mass is 756 g/mol. The number of nitrogens with one attached hydrogen (secondary N) is 1. The number of carbonyl (C=O) groups excluding carboxylic acids is 4. The zero-order valence-corrected chi connectivity index (χ0v) is 32.1. The Labute approximate surface area is 311 Å². The van der Waals surface area contributed by atoms with Crippen molar-refractivity contribution in [3.8, 4) is 16.3 Å². The van der Waals surface area contributed by atoms with Crippen molar-refractivity contribution in [2.45, 2.75) is 104 Å². The summed E-state index contributed by atoms with van der Waals surface area (Å²) in [6, 6.07) is 2.17. The minimum atomic E-state index is -1.01. The van der Waals surface area contributed by atoms with E-state index in [0.29, 0.717) is 37.2 Å². The van der Waals surface area contributed by atoms with E-state index in [4.69, 9.17) is 18.9 Å². The predicted octanol–water partition coefficient (Wildman–Crippen LogP) is 7.76. The molecule has 53 heavy (non-hydrogen) atoms. The van der Waals surface area contributed by atoms with Crippen molar-refractivity contribution in [3.05, 3.63) is 52.5 Å². The van der Waals surface area contributed by atoms with Gasteiger partial charge in [-0.05, 0) is 85.3 Å². The Morgan fingerprint density at radius 1 is 1.04 bits per heavy atom. The third-order valence-electron chi connectivity index (χ3n) is 8.59. The number of amides is 1. The summed E-state index contributed by atoms with van der Waals surface area (Å²) >= 11 is 0.724. The molecule has 0 spiro atoms.